The van der Waals surface area contributed by atoms with Crippen molar-refractivity contribution < 1.29 is 4.74 Å². The Bertz CT molecular complexity index is 1370. The van der Waals surface area contributed by atoms with Crippen molar-refractivity contribution in [2.45, 2.75) is 19.6 Å². The summed E-state index contributed by atoms with van der Waals surface area (Å²) in [5, 5.41) is 5.26. The summed E-state index contributed by atoms with van der Waals surface area (Å²) >= 11 is 0. The predicted octanol–water partition coefficient (Wildman–Crippen LogP) is 7.18. The highest BCUT2D eigenvalue weighted by molar-refractivity contribution is 6.08. The third kappa shape index (κ3) is 3.16. The minimum Gasteiger partial charge on any atom is -0.496 e. The van der Waals surface area contributed by atoms with Gasteiger partial charge in [-0.3, -0.25) is 4.90 Å². The molecule has 0 bridgehead atoms. The molecule has 0 aliphatic carbocycles. The van der Waals surface area contributed by atoms with E-state index in [-0.39, 0.29) is 0 Å². The van der Waals surface area contributed by atoms with Gasteiger partial charge in [-0.1, -0.05) is 91.0 Å². The van der Waals surface area contributed by atoms with Gasteiger partial charge in [0.05, 0.1) is 7.11 Å². The normalized spacial score (nSPS) is 13.5. The van der Waals surface area contributed by atoms with Crippen LogP contribution in [0.4, 0.5) is 0 Å². The Kier molecular flexibility index (Phi) is 4.66. The topological polar surface area (TPSA) is 12.5 Å². The Labute approximate surface area is 188 Å². The van der Waals surface area contributed by atoms with E-state index >= 15 is 0 Å². The fourth-order valence-electron chi connectivity index (χ4n) is 5.21. The van der Waals surface area contributed by atoms with Crippen molar-refractivity contribution in [1.82, 2.24) is 4.90 Å². The zero-order valence-corrected chi connectivity index (χ0v) is 18.2. The Hall–Kier alpha value is -3.62. The van der Waals surface area contributed by atoms with Crippen LogP contribution in [0.1, 0.15) is 16.7 Å². The predicted molar refractivity (Wildman–Crippen MR) is 133 cm³/mol. The van der Waals surface area contributed by atoms with Gasteiger partial charge in [0.25, 0.3) is 0 Å². The molecule has 1 heterocycles. The van der Waals surface area contributed by atoms with E-state index in [0.717, 1.165) is 25.4 Å². The van der Waals surface area contributed by atoms with Gasteiger partial charge in [0, 0.05) is 25.2 Å². The Morgan fingerprint density at radius 2 is 1.16 bits per heavy atom. The summed E-state index contributed by atoms with van der Waals surface area (Å²) in [7, 11) is 1.75. The lowest BCUT2D eigenvalue weighted by Crippen LogP contribution is -2.21. The van der Waals surface area contributed by atoms with Crippen molar-refractivity contribution in [1.29, 1.82) is 0 Å². The van der Waals surface area contributed by atoms with Gasteiger partial charge in [-0.2, -0.15) is 0 Å². The molecule has 1 aliphatic rings. The quantitative estimate of drug-likeness (QED) is 0.309. The van der Waals surface area contributed by atoms with Crippen LogP contribution in [0, 0.1) is 0 Å². The van der Waals surface area contributed by atoms with E-state index in [4.69, 9.17) is 4.74 Å². The molecule has 0 unspecified atom stereocenters. The van der Waals surface area contributed by atoms with E-state index in [1.165, 1.54) is 49.4 Å². The molecule has 0 saturated heterocycles. The van der Waals surface area contributed by atoms with Gasteiger partial charge in [-0.25, -0.2) is 0 Å². The summed E-state index contributed by atoms with van der Waals surface area (Å²) in [6.45, 7) is 2.66. The number of rotatable bonds is 3. The Morgan fingerprint density at radius 3 is 1.75 bits per heavy atom. The highest BCUT2D eigenvalue weighted by Crippen LogP contribution is 2.42. The largest absolute Gasteiger partial charge is 0.496 e. The second-order valence-corrected chi connectivity index (χ2v) is 8.60. The maximum Gasteiger partial charge on any atom is 0.123 e. The number of hydrogen-bond acceptors (Lipinski definition) is 2. The van der Waals surface area contributed by atoms with Crippen molar-refractivity contribution in [2.24, 2.45) is 0 Å². The number of benzene rings is 5. The van der Waals surface area contributed by atoms with Gasteiger partial charge in [0.1, 0.15) is 5.75 Å². The van der Waals surface area contributed by atoms with Crippen molar-refractivity contribution in [2.75, 3.05) is 7.11 Å². The van der Waals surface area contributed by atoms with Crippen LogP contribution in [-0.2, 0) is 19.6 Å². The molecule has 1 aliphatic heterocycles. The van der Waals surface area contributed by atoms with Crippen molar-refractivity contribution in [3.63, 3.8) is 0 Å². The summed E-state index contributed by atoms with van der Waals surface area (Å²) < 4.78 is 5.65. The first-order chi connectivity index (χ1) is 15.8. The van der Waals surface area contributed by atoms with Crippen LogP contribution in [-0.4, -0.2) is 12.0 Å². The first kappa shape index (κ1) is 19.1. The van der Waals surface area contributed by atoms with Gasteiger partial charge < -0.3 is 4.74 Å². The van der Waals surface area contributed by atoms with Crippen LogP contribution < -0.4 is 4.74 Å². The number of fused-ring (bicyclic) bond motifs is 7. The fourth-order valence-corrected chi connectivity index (χ4v) is 5.21. The molecule has 0 N–H and O–H groups in total. The third-order valence-corrected chi connectivity index (χ3v) is 6.66. The second-order valence-electron chi connectivity index (χ2n) is 8.60. The van der Waals surface area contributed by atoms with Crippen LogP contribution in [0.2, 0.25) is 0 Å². The number of nitrogens with zero attached hydrogens (tertiary/aromatic N) is 1. The number of para-hydroxylation sites is 1. The SMILES string of the molecule is COc1ccccc1CN1Cc2ccc3ccccc3c2-c2c(ccc3ccccc23)C1. The zero-order valence-electron chi connectivity index (χ0n) is 18.2. The lowest BCUT2D eigenvalue weighted by molar-refractivity contribution is 0.246. The van der Waals surface area contributed by atoms with E-state index in [1.54, 1.807) is 7.11 Å². The minimum atomic E-state index is 0.850. The fraction of sp³-hybridized carbons (Fsp3) is 0.133. The molecule has 2 heteroatoms. The molecule has 5 aromatic rings. The monoisotopic (exact) mass is 415 g/mol. The molecule has 156 valence electrons. The summed E-state index contributed by atoms with van der Waals surface area (Å²) in [6.07, 6.45) is 0. The highest BCUT2D eigenvalue weighted by atomic mass is 16.5. The van der Waals surface area contributed by atoms with E-state index in [1.807, 2.05) is 6.07 Å². The molecule has 5 aromatic carbocycles. The summed E-state index contributed by atoms with van der Waals surface area (Å²) in [5.41, 5.74) is 6.76. The standard InChI is InChI=1S/C30H25NO/c1-32-28-13-7-4-10-23(28)18-31-19-24-16-14-21-8-2-5-11-26(21)29(24)30-25(20-31)17-15-22-9-3-6-12-27(22)30/h2-17H,18-20H2,1H3. The number of methoxy groups -OCH3 is 1. The Balaban J connectivity index is 1.58. The van der Waals surface area contributed by atoms with E-state index in [9.17, 15) is 0 Å². The molecule has 0 fully saturated rings. The molecule has 32 heavy (non-hydrogen) atoms. The molecular weight excluding hydrogens is 390 g/mol. The first-order valence-corrected chi connectivity index (χ1v) is 11.2. The van der Waals surface area contributed by atoms with E-state index < -0.39 is 0 Å². The van der Waals surface area contributed by atoms with Crippen LogP contribution >= 0.6 is 0 Å². The lowest BCUT2D eigenvalue weighted by atomic mass is 9.88. The van der Waals surface area contributed by atoms with Crippen molar-refractivity contribution in [3.05, 3.63) is 114 Å². The van der Waals surface area contributed by atoms with Gasteiger partial charge in [-0.15, -0.1) is 0 Å². The maximum absolute atomic E-state index is 5.65. The first-order valence-electron chi connectivity index (χ1n) is 11.2. The smallest absolute Gasteiger partial charge is 0.123 e. The van der Waals surface area contributed by atoms with Crippen LogP contribution in [0.3, 0.4) is 0 Å². The highest BCUT2D eigenvalue weighted by Gasteiger charge is 2.23. The molecule has 0 amide bonds. The van der Waals surface area contributed by atoms with Gasteiger partial charge in [0.2, 0.25) is 0 Å². The zero-order chi connectivity index (χ0) is 21.5. The molecule has 0 atom stereocenters. The summed E-state index contributed by atoms with van der Waals surface area (Å²) in [4.78, 5) is 2.53. The molecular formula is C30H25NO. The molecule has 0 spiro atoms. The summed E-state index contributed by atoms with van der Waals surface area (Å²) in [5.74, 6) is 0.953. The van der Waals surface area contributed by atoms with E-state index in [2.05, 4.69) is 95.9 Å². The lowest BCUT2D eigenvalue weighted by Gasteiger charge is -2.22. The van der Waals surface area contributed by atoms with Crippen LogP contribution in [0.25, 0.3) is 32.7 Å². The van der Waals surface area contributed by atoms with Crippen LogP contribution in [0.15, 0.2) is 97.1 Å². The average molecular weight is 416 g/mol. The van der Waals surface area contributed by atoms with Gasteiger partial charge >= 0.3 is 0 Å². The van der Waals surface area contributed by atoms with Crippen LogP contribution in [0.5, 0.6) is 5.75 Å². The van der Waals surface area contributed by atoms with Crippen molar-refractivity contribution >= 4 is 21.5 Å². The third-order valence-electron chi connectivity index (χ3n) is 6.66. The van der Waals surface area contributed by atoms with Gasteiger partial charge in [-0.05, 0) is 49.9 Å². The second kappa shape index (κ2) is 7.81. The molecule has 0 radical (unpaired) electrons. The molecule has 6 rings (SSSR count). The molecule has 0 saturated carbocycles. The Morgan fingerprint density at radius 1 is 0.625 bits per heavy atom. The number of ether oxygens (including phenoxy) is 1. The molecule has 2 nitrogen and oxygen atoms in total. The van der Waals surface area contributed by atoms with E-state index in [0.29, 0.717) is 0 Å². The van der Waals surface area contributed by atoms with Crippen molar-refractivity contribution in [3.8, 4) is 16.9 Å². The average Bonchev–Trinajstić information content (AvgIpc) is 3.01. The maximum atomic E-state index is 5.65. The summed E-state index contributed by atoms with van der Waals surface area (Å²) in [6, 6.07) is 35.1. The van der Waals surface area contributed by atoms with Gasteiger partial charge in [0.15, 0.2) is 0 Å². The molecule has 0 aromatic heterocycles. The number of hydrogen-bond donors (Lipinski definition) is 0. The minimum absolute atomic E-state index is 0.850.